The third-order valence-electron chi connectivity index (χ3n) is 4.15. The average Bonchev–Trinajstić information content (AvgIpc) is 2.06. The lowest BCUT2D eigenvalue weighted by Crippen LogP contribution is -2.39. The zero-order chi connectivity index (χ0) is 9.42. The number of hydrogen-bond donors (Lipinski definition) is 1. The minimum Gasteiger partial charge on any atom is -0.393 e. The van der Waals surface area contributed by atoms with E-state index in [0.717, 1.165) is 24.2 Å². The van der Waals surface area contributed by atoms with E-state index in [-0.39, 0.29) is 6.10 Å². The molecule has 0 heterocycles. The number of rotatable bonds is 0. The van der Waals surface area contributed by atoms with Gasteiger partial charge in [0.05, 0.1) is 6.10 Å². The van der Waals surface area contributed by atoms with E-state index in [9.17, 15) is 5.11 Å². The third-order valence-corrected chi connectivity index (χ3v) is 4.15. The Morgan fingerprint density at radius 3 is 2.46 bits per heavy atom. The second-order valence-corrected chi connectivity index (χ2v) is 5.49. The lowest BCUT2D eigenvalue weighted by molar-refractivity contribution is -0.0211. The smallest absolute Gasteiger partial charge is 0.0573 e. The molecule has 1 heteroatoms. The fourth-order valence-corrected chi connectivity index (χ4v) is 3.45. The molecule has 2 fully saturated rings. The summed E-state index contributed by atoms with van der Waals surface area (Å²) in [5.41, 5.74) is 0. The van der Waals surface area contributed by atoms with Gasteiger partial charge in [-0.3, -0.25) is 0 Å². The first-order chi connectivity index (χ1) is 6.16. The van der Waals surface area contributed by atoms with Crippen molar-refractivity contribution in [2.24, 2.45) is 23.7 Å². The number of hydrogen-bond acceptors (Lipinski definition) is 1. The molecule has 76 valence electrons. The first kappa shape index (κ1) is 9.51. The number of aliphatic hydroxyl groups excluding tert-OH is 1. The molecule has 0 aromatic rings. The second-order valence-electron chi connectivity index (χ2n) is 5.49. The lowest BCUT2D eigenvalue weighted by Gasteiger charge is -2.43. The van der Waals surface area contributed by atoms with Crippen molar-refractivity contribution in [3.8, 4) is 0 Å². The molecule has 13 heavy (non-hydrogen) atoms. The molecule has 0 amide bonds. The zero-order valence-corrected chi connectivity index (χ0v) is 8.87. The molecule has 1 N–H and O–H groups in total. The van der Waals surface area contributed by atoms with Gasteiger partial charge in [0.1, 0.15) is 0 Å². The number of fused-ring (bicyclic) bond motifs is 1. The van der Waals surface area contributed by atoms with Crippen molar-refractivity contribution in [2.75, 3.05) is 0 Å². The maximum absolute atomic E-state index is 9.99. The summed E-state index contributed by atoms with van der Waals surface area (Å²) in [6.45, 7) is 4.62. The van der Waals surface area contributed by atoms with Crippen LogP contribution in [-0.4, -0.2) is 11.2 Å². The van der Waals surface area contributed by atoms with Crippen LogP contribution in [0.15, 0.2) is 0 Å². The van der Waals surface area contributed by atoms with Gasteiger partial charge in [0.15, 0.2) is 0 Å². The fourth-order valence-electron chi connectivity index (χ4n) is 3.45. The Bertz CT molecular complexity index is 178. The fraction of sp³-hybridized carbons (Fsp3) is 1.00. The molecule has 0 bridgehead atoms. The summed E-state index contributed by atoms with van der Waals surface area (Å²) in [7, 11) is 0. The van der Waals surface area contributed by atoms with E-state index in [2.05, 4.69) is 13.8 Å². The van der Waals surface area contributed by atoms with E-state index in [1.807, 2.05) is 0 Å². The Morgan fingerprint density at radius 2 is 1.69 bits per heavy atom. The third kappa shape index (κ3) is 1.90. The summed E-state index contributed by atoms with van der Waals surface area (Å²) in [4.78, 5) is 0. The summed E-state index contributed by atoms with van der Waals surface area (Å²) in [6.07, 6.45) is 6.46. The SMILES string of the molecule is CC1CC(O)C2CC(C)CCC2C1. The standard InChI is InChI=1S/C12H22O/c1-8-3-4-10-5-9(2)7-12(13)11(10)6-8/h8-13H,3-7H2,1-2H3. The van der Waals surface area contributed by atoms with Gasteiger partial charge in [-0.2, -0.15) is 0 Å². The first-order valence-electron chi connectivity index (χ1n) is 5.85. The molecule has 1 nitrogen and oxygen atoms in total. The highest BCUT2D eigenvalue weighted by molar-refractivity contribution is 4.88. The van der Waals surface area contributed by atoms with Gasteiger partial charge in [-0.15, -0.1) is 0 Å². The largest absolute Gasteiger partial charge is 0.393 e. The van der Waals surface area contributed by atoms with Crippen LogP contribution in [0, 0.1) is 23.7 Å². The average molecular weight is 182 g/mol. The Labute approximate surface area is 81.5 Å². The maximum Gasteiger partial charge on any atom is 0.0573 e. The Balaban J connectivity index is 2.02. The molecule has 0 aromatic carbocycles. The van der Waals surface area contributed by atoms with E-state index >= 15 is 0 Å². The normalized spacial score (nSPS) is 51.5. The van der Waals surface area contributed by atoms with E-state index in [1.54, 1.807) is 0 Å². The van der Waals surface area contributed by atoms with Gasteiger partial charge in [0.2, 0.25) is 0 Å². The second kappa shape index (κ2) is 3.61. The highest BCUT2D eigenvalue weighted by Gasteiger charge is 2.38. The lowest BCUT2D eigenvalue weighted by atomic mass is 9.64. The predicted octanol–water partition coefficient (Wildman–Crippen LogP) is 2.83. The molecular formula is C12H22O. The van der Waals surface area contributed by atoms with E-state index < -0.39 is 0 Å². The van der Waals surface area contributed by atoms with Crippen LogP contribution < -0.4 is 0 Å². The molecule has 0 saturated heterocycles. The van der Waals surface area contributed by atoms with Gasteiger partial charge in [-0.1, -0.05) is 20.3 Å². The first-order valence-corrected chi connectivity index (χ1v) is 5.85. The Morgan fingerprint density at radius 1 is 0.923 bits per heavy atom. The van der Waals surface area contributed by atoms with Crippen molar-refractivity contribution >= 4 is 0 Å². The minimum atomic E-state index is 0.0106. The van der Waals surface area contributed by atoms with Gasteiger partial charge >= 0.3 is 0 Å². The molecule has 0 spiro atoms. The molecular weight excluding hydrogens is 160 g/mol. The van der Waals surface area contributed by atoms with E-state index in [0.29, 0.717) is 5.92 Å². The van der Waals surface area contributed by atoms with Crippen LogP contribution in [-0.2, 0) is 0 Å². The minimum absolute atomic E-state index is 0.0106. The summed E-state index contributed by atoms with van der Waals surface area (Å²) >= 11 is 0. The zero-order valence-electron chi connectivity index (χ0n) is 8.87. The van der Waals surface area contributed by atoms with Gasteiger partial charge < -0.3 is 5.11 Å². The quantitative estimate of drug-likeness (QED) is 0.611. The number of aliphatic hydroxyl groups is 1. The molecule has 2 saturated carbocycles. The van der Waals surface area contributed by atoms with Crippen LogP contribution in [0.5, 0.6) is 0 Å². The topological polar surface area (TPSA) is 20.2 Å². The Kier molecular flexibility index (Phi) is 2.64. The summed E-state index contributed by atoms with van der Waals surface area (Å²) in [5, 5.41) is 9.99. The molecule has 0 aromatic heterocycles. The molecule has 5 atom stereocenters. The van der Waals surface area contributed by atoms with E-state index in [4.69, 9.17) is 0 Å². The van der Waals surface area contributed by atoms with Gasteiger partial charge in [0.25, 0.3) is 0 Å². The maximum atomic E-state index is 9.99. The highest BCUT2D eigenvalue weighted by Crippen LogP contribution is 2.44. The van der Waals surface area contributed by atoms with Crippen molar-refractivity contribution in [3.63, 3.8) is 0 Å². The Hall–Kier alpha value is -0.0400. The van der Waals surface area contributed by atoms with Crippen LogP contribution in [0.1, 0.15) is 46.0 Å². The van der Waals surface area contributed by atoms with Gasteiger partial charge in [-0.05, 0) is 49.4 Å². The summed E-state index contributed by atoms with van der Waals surface area (Å²) in [6, 6.07) is 0. The van der Waals surface area contributed by atoms with Crippen LogP contribution in [0.4, 0.5) is 0 Å². The molecule has 2 rings (SSSR count). The van der Waals surface area contributed by atoms with Crippen molar-refractivity contribution in [1.29, 1.82) is 0 Å². The molecule has 5 unspecified atom stereocenters. The molecule has 2 aliphatic carbocycles. The summed E-state index contributed by atoms with van der Waals surface area (Å²) in [5.74, 6) is 3.09. The predicted molar refractivity (Wildman–Crippen MR) is 54.4 cm³/mol. The van der Waals surface area contributed by atoms with Crippen LogP contribution in [0.3, 0.4) is 0 Å². The van der Waals surface area contributed by atoms with Crippen molar-refractivity contribution < 1.29 is 5.11 Å². The van der Waals surface area contributed by atoms with Crippen LogP contribution in [0.2, 0.25) is 0 Å². The summed E-state index contributed by atoms with van der Waals surface area (Å²) < 4.78 is 0. The van der Waals surface area contributed by atoms with Gasteiger partial charge in [-0.25, -0.2) is 0 Å². The van der Waals surface area contributed by atoms with E-state index in [1.165, 1.54) is 25.7 Å². The van der Waals surface area contributed by atoms with Crippen molar-refractivity contribution in [3.05, 3.63) is 0 Å². The van der Waals surface area contributed by atoms with Gasteiger partial charge in [0, 0.05) is 0 Å². The highest BCUT2D eigenvalue weighted by atomic mass is 16.3. The van der Waals surface area contributed by atoms with Crippen LogP contribution in [0.25, 0.3) is 0 Å². The van der Waals surface area contributed by atoms with Crippen molar-refractivity contribution in [2.45, 2.75) is 52.1 Å². The molecule has 0 aliphatic heterocycles. The molecule has 0 radical (unpaired) electrons. The van der Waals surface area contributed by atoms with Crippen LogP contribution >= 0.6 is 0 Å². The molecule has 2 aliphatic rings. The monoisotopic (exact) mass is 182 g/mol. The van der Waals surface area contributed by atoms with Crippen molar-refractivity contribution in [1.82, 2.24) is 0 Å².